The van der Waals surface area contributed by atoms with Crippen molar-refractivity contribution in [3.8, 4) is 11.3 Å². The molecule has 10 heteroatoms. The van der Waals surface area contributed by atoms with Crippen molar-refractivity contribution in [1.82, 2.24) is 15.0 Å². The van der Waals surface area contributed by atoms with Crippen molar-refractivity contribution in [1.29, 1.82) is 0 Å². The number of thiazole rings is 1. The maximum atomic E-state index is 11.6. The molecule has 0 unspecified atom stereocenters. The van der Waals surface area contributed by atoms with Crippen LogP contribution < -0.4 is 22.1 Å². The Morgan fingerprint density at radius 3 is 2.50 bits per heavy atom. The second kappa shape index (κ2) is 7.57. The second-order valence-corrected chi connectivity index (χ2v) is 5.93. The number of anilines is 3. The van der Waals surface area contributed by atoms with Gasteiger partial charge in [0.25, 0.3) is 5.91 Å². The summed E-state index contributed by atoms with van der Waals surface area (Å²) in [5.41, 5.74) is 14.9. The first-order valence-corrected chi connectivity index (χ1v) is 8.42. The fraction of sp³-hybridized carbons (Fsp3) is 0.0625. The van der Waals surface area contributed by atoms with E-state index >= 15 is 0 Å². The smallest absolute Gasteiger partial charge is 0.254 e. The number of benzene rings is 1. The monoisotopic (exact) mass is 369 g/mol. The first-order chi connectivity index (χ1) is 12.5. The van der Waals surface area contributed by atoms with Gasteiger partial charge in [-0.2, -0.15) is 4.98 Å². The van der Waals surface area contributed by atoms with E-state index in [-0.39, 0.29) is 23.9 Å². The van der Waals surface area contributed by atoms with Gasteiger partial charge in [-0.05, 0) is 12.1 Å². The molecule has 0 aliphatic carbocycles. The number of primary amides is 2. The van der Waals surface area contributed by atoms with Gasteiger partial charge in [-0.3, -0.25) is 9.59 Å². The molecule has 2 aromatic heterocycles. The van der Waals surface area contributed by atoms with Crippen LogP contribution in [0.5, 0.6) is 0 Å². The molecule has 0 radical (unpaired) electrons. The molecule has 1 aromatic carbocycles. The Kier molecular flexibility index (Phi) is 5.04. The van der Waals surface area contributed by atoms with Crippen molar-refractivity contribution in [3.63, 3.8) is 0 Å². The van der Waals surface area contributed by atoms with Gasteiger partial charge in [0.05, 0.1) is 17.7 Å². The van der Waals surface area contributed by atoms with Gasteiger partial charge in [-0.25, -0.2) is 9.97 Å². The Bertz CT molecular complexity index is 926. The molecule has 26 heavy (non-hydrogen) atoms. The Labute approximate surface area is 152 Å². The topological polar surface area (TPSA) is 149 Å². The van der Waals surface area contributed by atoms with Crippen LogP contribution in [-0.2, 0) is 4.79 Å². The minimum atomic E-state index is -0.673. The van der Waals surface area contributed by atoms with E-state index < -0.39 is 11.8 Å². The minimum Gasteiger partial charge on any atom is -0.368 e. The summed E-state index contributed by atoms with van der Waals surface area (Å²) < 4.78 is 0. The number of rotatable bonds is 7. The van der Waals surface area contributed by atoms with E-state index in [1.54, 1.807) is 5.51 Å². The van der Waals surface area contributed by atoms with Crippen molar-refractivity contribution < 1.29 is 9.59 Å². The second-order valence-electron chi connectivity index (χ2n) is 5.22. The number of nitrogens with zero attached hydrogens (tertiary/aromatic N) is 3. The molecule has 2 heterocycles. The molecule has 0 bridgehead atoms. The number of nitrogens with one attached hydrogen (secondary N) is 2. The standard InChI is InChI=1S/C16H15N7O2S/c17-13(24)6-20-16-19-5-11(14(18)25)15(23-16)22-10-3-1-9(2-4-10)12-7-26-8-21-12/h1-5,7-8H,6H2,(H2,17,24)(H2,18,25)(H2,19,20,22,23). The molecule has 9 nitrogen and oxygen atoms in total. The number of hydrogen-bond donors (Lipinski definition) is 4. The number of carbonyl (C=O) groups excluding carboxylic acids is 2. The van der Waals surface area contributed by atoms with Gasteiger partial charge in [-0.15, -0.1) is 11.3 Å². The Morgan fingerprint density at radius 1 is 1.12 bits per heavy atom. The summed E-state index contributed by atoms with van der Waals surface area (Å²) in [5.74, 6) is -0.857. The van der Waals surface area contributed by atoms with Gasteiger partial charge >= 0.3 is 0 Å². The highest BCUT2D eigenvalue weighted by Crippen LogP contribution is 2.24. The van der Waals surface area contributed by atoms with Crippen LogP contribution in [0.25, 0.3) is 11.3 Å². The minimum absolute atomic E-state index is 0.123. The van der Waals surface area contributed by atoms with E-state index in [1.807, 2.05) is 29.6 Å². The molecule has 2 amide bonds. The average molecular weight is 369 g/mol. The molecule has 0 aliphatic rings. The molecule has 6 N–H and O–H groups in total. The fourth-order valence-electron chi connectivity index (χ4n) is 2.12. The third-order valence-corrected chi connectivity index (χ3v) is 3.94. The zero-order valence-corrected chi connectivity index (χ0v) is 14.3. The number of hydrogen-bond acceptors (Lipinski definition) is 8. The van der Waals surface area contributed by atoms with Crippen molar-refractivity contribution in [3.05, 3.63) is 46.9 Å². The van der Waals surface area contributed by atoms with E-state index in [4.69, 9.17) is 11.5 Å². The van der Waals surface area contributed by atoms with Gasteiger partial charge in [-0.1, -0.05) is 12.1 Å². The third-order valence-electron chi connectivity index (χ3n) is 3.35. The van der Waals surface area contributed by atoms with E-state index in [9.17, 15) is 9.59 Å². The molecule has 132 valence electrons. The summed E-state index contributed by atoms with van der Waals surface area (Å²) >= 11 is 1.52. The van der Waals surface area contributed by atoms with E-state index in [1.165, 1.54) is 17.5 Å². The van der Waals surface area contributed by atoms with Crippen LogP contribution in [0.4, 0.5) is 17.5 Å². The van der Waals surface area contributed by atoms with Crippen molar-refractivity contribution in [2.24, 2.45) is 11.5 Å². The molecule has 0 spiro atoms. The summed E-state index contributed by atoms with van der Waals surface area (Å²) in [6, 6.07) is 7.46. The summed E-state index contributed by atoms with van der Waals surface area (Å²) in [5, 5.41) is 7.65. The number of nitrogens with two attached hydrogens (primary N) is 2. The molecule has 0 saturated carbocycles. The normalized spacial score (nSPS) is 10.3. The maximum absolute atomic E-state index is 11.6. The average Bonchev–Trinajstić information content (AvgIpc) is 3.15. The zero-order valence-electron chi connectivity index (χ0n) is 13.5. The highest BCUT2D eigenvalue weighted by molar-refractivity contribution is 7.07. The molecule has 3 rings (SSSR count). The highest BCUT2D eigenvalue weighted by atomic mass is 32.1. The van der Waals surface area contributed by atoms with Crippen LogP contribution in [0.2, 0.25) is 0 Å². The largest absolute Gasteiger partial charge is 0.368 e. The Hall–Kier alpha value is -3.53. The third kappa shape index (κ3) is 4.11. The molecular weight excluding hydrogens is 354 g/mol. The van der Waals surface area contributed by atoms with Gasteiger partial charge in [0, 0.05) is 22.8 Å². The first-order valence-electron chi connectivity index (χ1n) is 7.47. The van der Waals surface area contributed by atoms with Crippen molar-refractivity contribution in [2.75, 3.05) is 17.2 Å². The van der Waals surface area contributed by atoms with E-state index in [0.29, 0.717) is 5.69 Å². The van der Waals surface area contributed by atoms with Crippen LogP contribution in [0, 0.1) is 0 Å². The lowest BCUT2D eigenvalue weighted by Gasteiger charge is -2.11. The fourth-order valence-corrected chi connectivity index (χ4v) is 2.69. The lowest BCUT2D eigenvalue weighted by molar-refractivity contribution is -0.116. The molecule has 0 fully saturated rings. The van der Waals surface area contributed by atoms with Crippen LogP contribution in [0.3, 0.4) is 0 Å². The highest BCUT2D eigenvalue weighted by Gasteiger charge is 2.13. The van der Waals surface area contributed by atoms with Crippen LogP contribution in [-0.4, -0.2) is 33.3 Å². The lowest BCUT2D eigenvalue weighted by atomic mass is 10.1. The Morgan fingerprint density at radius 2 is 1.88 bits per heavy atom. The quantitative estimate of drug-likeness (QED) is 0.491. The van der Waals surface area contributed by atoms with Gasteiger partial charge in [0.2, 0.25) is 11.9 Å². The van der Waals surface area contributed by atoms with Crippen molar-refractivity contribution >= 4 is 40.6 Å². The lowest BCUT2D eigenvalue weighted by Crippen LogP contribution is -2.23. The van der Waals surface area contributed by atoms with Crippen molar-refractivity contribution in [2.45, 2.75) is 0 Å². The first kappa shape index (κ1) is 17.3. The maximum Gasteiger partial charge on any atom is 0.254 e. The van der Waals surface area contributed by atoms with Gasteiger partial charge in [0.1, 0.15) is 11.4 Å². The van der Waals surface area contributed by atoms with Crippen LogP contribution in [0.1, 0.15) is 10.4 Å². The predicted octanol–water partition coefficient (Wildman–Crippen LogP) is 1.34. The Balaban J connectivity index is 1.83. The molecule has 3 aromatic rings. The van der Waals surface area contributed by atoms with Crippen LogP contribution >= 0.6 is 11.3 Å². The van der Waals surface area contributed by atoms with E-state index in [2.05, 4.69) is 25.6 Å². The van der Waals surface area contributed by atoms with Crippen LogP contribution in [0.15, 0.2) is 41.4 Å². The molecule has 0 aliphatic heterocycles. The summed E-state index contributed by atoms with van der Waals surface area (Å²) in [4.78, 5) is 34.8. The molecule has 0 saturated heterocycles. The number of carbonyl (C=O) groups is 2. The zero-order chi connectivity index (χ0) is 18.5. The molecular formula is C16H15N7O2S. The van der Waals surface area contributed by atoms with Gasteiger partial charge < -0.3 is 22.1 Å². The van der Waals surface area contributed by atoms with Gasteiger partial charge in [0.15, 0.2) is 0 Å². The summed E-state index contributed by atoms with van der Waals surface area (Å²) in [6.07, 6.45) is 1.28. The number of aromatic nitrogens is 3. The predicted molar refractivity (Wildman–Crippen MR) is 99.1 cm³/mol. The summed E-state index contributed by atoms with van der Waals surface area (Å²) in [7, 11) is 0. The number of amides is 2. The summed E-state index contributed by atoms with van der Waals surface area (Å²) in [6.45, 7) is -0.127. The molecule has 0 atom stereocenters. The van der Waals surface area contributed by atoms with E-state index in [0.717, 1.165) is 11.3 Å². The SMILES string of the molecule is NC(=O)CNc1ncc(C(N)=O)c(Nc2ccc(-c3cscn3)cc2)n1.